The van der Waals surface area contributed by atoms with Gasteiger partial charge >= 0.3 is 6.09 Å². The van der Waals surface area contributed by atoms with Crippen LogP contribution in [0.2, 0.25) is 15.1 Å². The van der Waals surface area contributed by atoms with E-state index in [0.29, 0.717) is 92.1 Å². The van der Waals surface area contributed by atoms with Gasteiger partial charge < -0.3 is 35.7 Å². The summed E-state index contributed by atoms with van der Waals surface area (Å²) in [6, 6.07) is 18.7. The second kappa shape index (κ2) is 16.0. The van der Waals surface area contributed by atoms with Crippen molar-refractivity contribution in [3.8, 4) is 39.5 Å². The summed E-state index contributed by atoms with van der Waals surface area (Å²) in [7, 11) is 1.49. The minimum Gasteiger partial charge on any atom is -0.481 e. The van der Waals surface area contributed by atoms with Crippen LogP contribution in [0, 0.1) is 0 Å². The lowest BCUT2D eigenvalue weighted by molar-refractivity contribution is -0.120. The molecule has 0 radical (unpaired) electrons. The van der Waals surface area contributed by atoms with E-state index in [1.807, 2.05) is 48.5 Å². The molecule has 5 N–H and O–H groups in total. The van der Waals surface area contributed by atoms with Crippen molar-refractivity contribution in [1.29, 1.82) is 0 Å². The highest BCUT2D eigenvalue weighted by atomic mass is 35.5. The number of aromatic amines is 1. The molecule has 0 spiro atoms. The van der Waals surface area contributed by atoms with Crippen molar-refractivity contribution in [2.24, 2.45) is 0 Å². The number of hydrogen-bond donors (Lipinski definition) is 5. The van der Waals surface area contributed by atoms with Crippen molar-refractivity contribution in [2.45, 2.75) is 50.9 Å². The number of nitrogens with zero attached hydrogens (tertiary/aromatic N) is 2. The van der Waals surface area contributed by atoms with Crippen LogP contribution in [-0.2, 0) is 27.5 Å². The van der Waals surface area contributed by atoms with Gasteiger partial charge in [0, 0.05) is 66.8 Å². The number of aromatic nitrogens is 3. The molecule has 2 aliphatic rings. The van der Waals surface area contributed by atoms with Gasteiger partial charge in [0.25, 0.3) is 0 Å². The van der Waals surface area contributed by atoms with Gasteiger partial charge in [-0.2, -0.15) is 0 Å². The summed E-state index contributed by atoms with van der Waals surface area (Å²) in [6.07, 6.45) is 1.88. The van der Waals surface area contributed by atoms with Gasteiger partial charge in [-0.05, 0) is 37.1 Å². The van der Waals surface area contributed by atoms with Crippen LogP contribution in [0.1, 0.15) is 36.9 Å². The highest BCUT2D eigenvalue weighted by molar-refractivity contribution is 6.39. The van der Waals surface area contributed by atoms with Gasteiger partial charge in [-0.1, -0.05) is 71.2 Å². The van der Waals surface area contributed by atoms with E-state index in [1.54, 1.807) is 12.1 Å². The summed E-state index contributed by atoms with van der Waals surface area (Å²) in [4.78, 5) is 48.1. The van der Waals surface area contributed by atoms with Crippen LogP contribution in [-0.4, -0.2) is 65.1 Å². The molecule has 2 aromatic carbocycles. The largest absolute Gasteiger partial charge is 0.481 e. The molecule has 3 amide bonds. The molecule has 274 valence electrons. The number of carbonyl (C=O) groups excluding carboxylic acids is 3. The minimum absolute atomic E-state index is 0.0230. The van der Waals surface area contributed by atoms with Crippen LogP contribution in [0.25, 0.3) is 44.7 Å². The fraction of sp³-hybridized carbons (Fsp3) is 0.289. The number of benzene rings is 2. The molecule has 2 aliphatic heterocycles. The molecule has 2 fully saturated rings. The van der Waals surface area contributed by atoms with Gasteiger partial charge in [0.15, 0.2) is 0 Å². The maximum atomic E-state index is 12.3. The van der Waals surface area contributed by atoms with Gasteiger partial charge in [-0.15, -0.1) is 0 Å². The Morgan fingerprint density at radius 2 is 1.40 bits per heavy atom. The number of methoxy groups -OCH3 is 1. The normalized spacial score (nSPS) is 16.8. The number of nitrogens with one attached hydrogen (secondary N) is 5. The van der Waals surface area contributed by atoms with E-state index in [1.165, 1.54) is 7.11 Å². The molecule has 0 unspecified atom stereocenters. The van der Waals surface area contributed by atoms with Crippen molar-refractivity contribution in [1.82, 2.24) is 36.2 Å². The van der Waals surface area contributed by atoms with E-state index in [-0.39, 0.29) is 42.9 Å². The Bertz CT molecular complexity index is 2210. The minimum atomic E-state index is -0.608. The molecule has 2 atom stereocenters. The average molecular weight is 777 g/mol. The maximum absolute atomic E-state index is 12.3. The monoisotopic (exact) mass is 775 g/mol. The van der Waals surface area contributed by atoms with Crippen LogP contribution < -0.4 is 26.0 Å². The first kappa shape index (κ1) is 36.5. The van der Waals surface area contributed by atoms with Gasteiger partial charge in [0.2, 0.25) is 17.7 Å². The maximum Gasteiger partial charge on any atom is 0.407 e. The zero-order chi connectivity index (χ0) is 37.1. The summed E-state index contributed by atoms with van der Waals surface area (Å²) in [5.74, 6) is 0.343. The number of H-pyrrole nitrogens is 1. The van der Waals surface area contributed by atoms with Crippen molar-refractivity contribution in [3.05, 3.63) is 87.0 Å². The zero-order valence-electron chi connectivity index (χ0n) is 28.7. The van der Waals surface area contributed by atoms with Crippen LogP contribution >= 0.6 is 34.8 Å². The molecule has 0 saturated carbocycles. The lowest BCUT2D eigenvalue weighted by atomic mass is 9.98. The zero-order valence-corrected chi connectivity index (χ0v) is 30.9. The van der Waals surface area contributed by atoms with Gasteiger partial charge in [0.1, 0.15) is 12.1 Å². The number of ether oxygens (including phenoxy) is 2. The number of amides is 3. The fourth-order valence-corrected chi connectivity index (χ4v) is 7.48. The SMILES string of the molecule is COc1nc(-c2cccc(-c3cccc(-c4ccc5[nH]c(CNC[C@@H]6CCC(=O)N6)c(Cl)c5n4)c3Cl)c2Cl)ccc1COC(=O)NC[C@@H]1CCC(=O)N1. The van der Waals surface area contributed by atoms with Gasteiger partial charge in [-0.3, -0.25) is 9.59 Å². The van der Waals surface area contributed by atoms with Crippen LogP contribution in [0.4, 0.5) is 4.79 Å². The first-order chi connectivity index (χ1) is 25.7. The molecule has 5 heterocycles. The average Bonchev–Trinajstić information content (AvgIpc) is 3.87. The Kier molecular flexibility index (Phi) is 11.0. The van der Waals surface area contributed by atoms with E-state index in [9.17, 15) is 14.4 Å². The lowest BCUT2D eigenvalue weighted by Crippen LogP contribution is -2.38. The number of pyridine rings is 2. The van der Waals surface area contributed by atoms with Crippen LogP contribution in [0.5, 0.6) is 5.88 Å². The predicted octanol–water partition coefficient (Wildman–Crippen LogP) is 6.80. The highest BCUT2D eigenvalue weighted by Gasteiger charge is 2.23. The van der Waals surface area contributed by atoms with Crippen LogP contribution in [0.3, 0.4) is 0 Å². The molecular formula is C38H36Cl3N7O5. The highest BCUT2D eigenvalue weighted by Crippen LogP contribution is 2.42. The molecule has 0 aliphatic carbocycles. The topological polar surface area (TPSA) is 159 Å². The Morgan fingerprint density at radius 1 is 0.792 bits per heavy atom. The molecule has 15 heteroatoms. The Hall–Kier alpha value is -4.88. The van der Waals surface area contributed by atoms with Crippen molar-refractivity contribution < 1.29 is 23.9 Å². The van der Waals surface area contributed by atoms with E-state index in [0.717, 1.165) is 17.6 Å². The van der Waals surface area contributed by atoms with Crippen molar-refractivity contribution in [2.75, 3.05) is 20.2 Å². The summed E-state index contributed by atoms with van der Waals surface area (Å²) in [5.41, 5.74) is 6.78. The first-order valence-corrected chi connectivity index (χ1v) is 18.3. The summed E-state index contributed by atoms with van der Waals surface area (Å²) in [6.45, 7) is 1.37. The molecule has 3 aromatic heterocycles. The Labute approximate surface area is 320 Å². The third kappa shape index (κ3) is 8.06. The number of alkyl carbamates (subject to hydrolysis) is 1. The third-order valence-electron chi connectivity index (χ3n) is 9.34. The molecule has 53 heavy (non-hydrogen) atoms. The summed E-state index contributed by atoms with van der Waals surface area (Å²) < 4.78 is 10.9. The lowest BCUT2D eigenvalue weighted by Gasteiger charge is -2.15. The van der Waals surface area contributed by atoms with E-state index < -0.39 is 6.09 Å². The molecular weight excluding hydrogens is 741 g/mol. The molecule has 7 rings (SSSR count). The molecule has 0 bridgehead atoms. The number of carbonyl (C=O) groups is 3. The number of halogens is 3. The van der Waals surface area contributed by atoms with E-state index in [4.69, 9.17) is 49.3 Å². The summed E-state index contributed by atoms with van der Waals surface area (Å²) >= 11 is 21.0. The molecule has 2 saturated heterocycles. The van der Waals surface area contributed by atoms with Crippen molar-refractivity contribution in [3.63, 3.8) is 0 Å². The number of fused-ring (bicyclic) bond motifs is 1. The second-order valence-corrected chi connectivity index (χ2v) is 14.0. The first-order valence-electron chi connectivity index (χ1n) is 17.2. The number of hydrogen-bond acceptors (Lipinski definition) is 8. The standard InChI is InChI=1S/C38H36Cl3N7O5/c1-52-37-20(19-53-38(51)43-17-22-10-15-32(50)45-22)8-11-28(48-37)26-7-3-5-24(34(26)40)23-4-2-6-25(33(23)39)27-12-13-29-36(47-27)35(41)30(46-29)18-42-16-21-9-14-31(49)44-21/h2-8,11-13,21-22,42,46H,9-10,14-19H2,1H3,(H,43,51)(H,44,49)(H,45,50)/t21-,22-/m0/s1. The fourth-order valence-electron chi connectivity index (χ4n) is 6.57. The molecule has 5 aromatic rings. The van der Waals surface area contributed by atoms with Crippen LogP contribution in [0.15, 0.2) is 60.7 Å². The van der Waals surface area contributed by atoms with E-state index in [2.05, 4.69) is 31.2 Å². The second-order valence-electron chi connectivity index (χ2n) is 12.9. The van der Waals surface area contributed by atoms with E-state index >= 15 is 0 Å². The Morgan fingerprint density at radius 3 is 2.02 bits per heavy atom. The van der Waals surface area contributed by atoms with Crippen molar-refractivity contribution >= 4 is 63.7 Å². The summed E-state index contributed by atoms with van der Waals surface area (Å²) in [5, 5.41) is 13.2. The smallest absolute Gasteiger partial charge is 0.407 e. The predicted molar refractivity (Wildman–Crippen MR) is 204 cm³/mol. The quantitative estimate of drug-likeness (QED) is 0.0926. The van der Waals surface area contributed by atoms with Gasteiger partial charge in [-0.25, -0.2) is 14.8 Å². The van der Waals surface area contributed by atoms with Gasteiger partial charge in [0.05, 0.1) is 50.3 Å². The number of rotatable bonds is 12. The molecule has 12 nitrogen and oxygen atoms in total. The third-order valence-corrected chi connectivity index (χ3v) is 10.6. The Balaban J connectivity index is 1.07.